The second-order valence-electron chi connectivity index (χ2n) is 7.57. The third kappa shape index (κ3) is 7.28. The second-order valence-corrected chi connectivity index (χ2v) is 9.40. The maximum Gasteiger partial charge on any atom is 0.275 e. The van der Waals surface area contributed by atoms with Crippen molar-refractivity contribution < 1.29 is 14.3 Å². The quantitative estimate of drug-likeness (QED) is 0.166. The summed E-state index contributed by atoms with van der Waals surface area (Å²) in [5.74, 6) is 0.746. The van der Waals surface area contributed by atoms with Gasteiger partial charge in [-0.15, -0.1) is 0 Å². The lowest BCUT2D eigenvalue weighted by atomic mass is 10.2. The predicted octanol–water partition coefficient (Wildman–Crippen LogP) is 7.13. The van der Waals surface area contributed by atoms with Crippen LogP contribution in [0.2, 0.25) is 0 Å². The summed E-state index contributed by atoms with van der Waals surface area (Å²) < 4.78 is 13.5. The van der Waals surface area contributed by atoms with Gasteiger partial charge < -0.3 is 9.47 Å². The van der Waals surface area contributed by atoms with E-state index < -0.39 is 0 Å². The first-order valence-electron chi connectivity index (χ1n) is 10.8. The smallest absolute Gasteiger partial charge is 0.275 e. The van der Waals surface area contributed by atoms with E-state index in [1.54, 1.807) is 18.3 Å². The van der Waals surface area contributed by atoms with Crippen molar-refractivity contribution in [3.05, 3.63) is 128 Å². The Labute approximate surface area is 221 Å². The number of carbonyl (C=O) groups excluding carboxylic acids is 1. The summed E-state index contributed by atoms with van der Waals surface area (Å²) in [5.41, 5.74) is 5.77. The minimum absolute atomic E-state index is 0.353. The number of rotatable bonds is 9. The number of carbonyl (C=O) groups is 1. The maximum absolute atomic E-state index is 12.9. The molecule has 35 heavy (non-hydrogen) atoms. The fourth-order valence-corrected chi connectivity index (χ4v) is 3.99. The standard InChI is InChI=1S/C28H22Br2N2O3/c29-23-11-13-26(34-18-20-7-3-1-4-8-20)22(15-23)17-31-32-28(33)25-16-24(30)12-14-27(25)35-19-21-9-5-2-6-10-21/h1-17H,18-19H2,(H,32,33)/b31-17-. The lowest BCUT2D eigenvalue weighted by Crippen LogP contribution is -2.19. The summed E-state index contributed by atoms with van der Waals surface area (Å²) in [4.78, 5) is 12.9. The molecule has 1 amide bonds. The summed E-state index contributed by atoms with van der Waals surface area (Å²) in [6.45, 7) is 0.780. The van der Waals surface area contributed by atoms with E-state index in [1.807, 2.05) is 84.9 Å². The van der Waals surface area contributed by atoms with E-state index in [4.69, 9.17) is 9.47 Å². The molecule has 0 heterocycles. The average molecular weight is 594 g/mol. The Balaban J connectivity index is 1.44. The zero-order chi connectivity index (χ0) is 24.5. The summed E-state index contributed by atoms with van der Waals surface area (Å²) in [6, 6.07) is 30.6. The van der Waals surface area contributed by atoms with Crippen LogP contribution >= 0.6 is 31.9 Å². The molecule has 176 valence electrons. The second kappa shape index (κ2) is 12.3. The van der Waals surface area contributed by atoms with E-state index >= 15 is 0 Å². The SMILES string of the molecule is O=C(N/N=C\c1cc(Br)ccc1OCc1ccccc1)c1cc(Br)ccc1OCc1ccccc1. The normalized spacial score (nSPS) is 10.8. The molecule has 0 radical (unpaired) electrons. The fourth-order valence-electron chi connectivity index (χ4n) is 3.25. The molecule has 0 fully saturated rings. The molecular weight excluding hydrogens is 572 g/mol. The van der Waals surface area contributed by atoms with E-state index in [1.165, 1.54) is 0 Å². The number of hydrazone groups is 1. The van der Waals surface area contributed by atoms with Crippen LogP contribution in [-0.2, 0) is 13.2 Å². The van der Waals surface area contributed by atoms with Crippen LogP contribution in [0.5, 0.6) is 11.5 Å². The number of ether oxygens (including phenoxy) is 2. The van der Waals surface area contributed by atoms with Crippen molar-refractivity contribution in [2.45, 2.75) is 13.2 Å². The fraction of sp³-hybridized carbons (Fsp3) is 0.0714. The van der Waals surface area contributed by atoms with Crippen molar-refractivity contribution in [1.82, 2.24) is 5.43 Å². The molecule has 5 nitrogen and oxygen atoms in total. The van der Waals surface area contributed by atoms with Gasteiger partial charge in [-0.1, -0.05) is 92.5 Å². The average Bonchev–Trinajstić information content (AvgIpc) is 2.88. The van der Waals surface area contributed by atoms with Crippen molar-refractivity contribution in [3.8, 4) is 11.5 Å². The Kier molecular flexibility index (Phi) is 8.70. The Hall–Kier alpha value is -3.42. The topological polar surface area (TPSA) is 59.9 Å². The lowest BCUT2D eigenvalue weighted by Gasteiger charge is -2.11. The van der Waals surface area contributed by atoms with Crippen molar-refractivity contribution in [2.24, 2.45) is 5.10 Å². The molecule has 4 aromatic rings. The highest BCUT2D eigenvalue weighted by Crippen LogP contribution is 2.25. The summed E-state index contributed by atoms with van der Waals surface area (Å²) in [5, 5.41) is 4.17. The van der Waals surface area contributed by atoms with Crippen LogP contribution in [0.1, 0.15) is 27.0 Å². The van der Waals surface area contributed by atoms with Crippen molar-refractivity contribution in [1.29, 1.82) is 0 Å². The zero-order valence-electron chi connectivity index (χ0n) is 18.7. The van der Waals surface area contributed by atoms with Crippen LogP contribution < -0.4 is 14.9 Å². The molecular formula is C28H22Br2N2O3. The molecule has 0 atom stereocenters. The summed E-state index contributed by atoms with van der Waals surface area (Å²) in [7, 11) is 0. The Morgan fingerprint density at radius 1 is 0.743 bits per heavy atom. The molecule has 0 aliphatic heterocycles. The van der Waals surface area contributed by atoms with Gasteiger partial charge in [-0.25, -0.2) is 5.43 Å². The van der Waals surface area contributed by atoms with E-state index in [-0.39, 0.29) is 5.91 Å². The van der Waals surface area contributed by atoms with Gasteiger partial charge in [-0.05, 0) is 47.5 Å². The highest BCUT2D eigenvalue weighted by atomic mass is 79.9. The molecule has 7 heteroatoms. The van der Waals surface area contributed by atoms with E-state index in [0.29, 0.717) is 30.3 Å². The largest absolute Gasteiger partial charge is 0.488 e. The van der Waals surface area contributed by atoms with E-state index in [0.717, 1.165) is 25.6 Å². The first kappa shape index (κ1) is 24.7. The Bertz CT molecular complexity index is 1310. The van der Waals surface area contributed by atoms with Gasteiger partial charge in [0, 0.05) is 14.5 Å². The number of nitrogens with one attached hydrogen (secondary N) is 1. The number of benzene rings is 4. The van der Waals surface area contributed by atoms with Gasteiger partial charge in [-0.2, -0.15) is 5.10 Å². The minimum atomic E-state index is -0.382. The van der Waals surface area contributed by atoms with Crippen LogP contribution in [0.4, 0.5) is 0 Å². The maximum atomic E-state index is 12.9. The zero-order valence-corrected chi connectivity index (χ0v) is 21.8. The van der Waals surface area contributed by atoms with Crippen LogP contribution in [0.25, 0.3) is 0 Å². The first-order valence-corrected chi connectivity index (χ1v) is 12.4. The van der Waals surface area contributed by atoms with E-state index in [9.17, 15) is 4.79 Å². The first-order chi connectivity index (χ1) is 17.1. The van der Waals surface area contributed by atoms with Crippen LogP contribution in [-0.4, -0.2) is 12.1 Å². The van der Waals surface area contributed by atoms with E-state index in [2.05, 4.69) is 42.4 Å². The van der Waals surface area contributed by atoms with Crippen molar-refractivity contribution in [3.63, 3.8) is 0 Å². The molecule has 4 rings (SSSR count). The molecule has 0 saturated carbocycles. The third-order valence-corrected chi connectivity index (χ3v) is 5.99. The summed E-state index contributed by atoms with van der Waals surface area (Å²) >= 11 is 6.90. The van der Waals surface area contributed by atoms with Gasteiger partial charge in [0.2, 0.25) is 0 Å². The Morgan fingerprint density at radius 3 is 1.91 bits per heavy atom. The third-order valence-electron chi connectivity index (χ3n) is 5.00. The number of hydrogen-bond donors (Lipinski definition) is 1. The molecule has 0 aliphatic rings. The molecule has 0 unspecified atom stereocenters. The monoisotopic (exact) mass is 592 g/mol. The van der Waals surface area contributed by atoms with Gasteiger partial charge in [0.1, 0.15) is 24.7 Å². The van der Waals surface area contributed by atoms with Gasteiger partial charge >= 0.3 is 0 Å². The number of hydrogen-bond acceptors (Lipinski definition) is 4. The highest BCUT2D eigenvalue weighted by Gasteiger charge is 2.13. The van der Waals surface area contributed by atoms with Crippen molar-refractivity contribution >= 4 is 44.0 Å². The molecule has 1 N–H and O–H groups in total. The number of nitrogens with zero attached hydrogens (tertiary/aromatic N) is 1. The molecule has 0 spiro atoms. The van der Waals surface area contributed by atoms with Gasteiger partial charge in [0.25, 0.3) is 5.91 Å². The van der Waals surface area contributed by atoms with Gasteiger partial charge in [-0.3, -0.25) is 4.79 Å². The Morgan fingerprint density at radius 2 is 1.29 bits per heavy atom. The molecule has 0 aliphatic carbocycles. The number of amides is 1. The highest BCUT2D eigenvalue weighted by molar-refractivity contribution is 9.10. The molecule has 0 saturated heterocycles. The van der Waals surface area contributed by atoms with Crippen molar-refractivity contribution in [2.75, 3.05) is 0 Å². The number of halogens is 2. The molecule has 0 aromatic heterocycles. The van der Waals surface area contributed by atoms with Gasteiger partial charge in [0.15, 0.2) is 0 Å². The van der Waals surface area contributed by atoms with Gasteiger partial charge in [0.05, 0.1) is 11.8 Å². The minimum Gasteiger partial charge on any atom is -0.488 e. The summed E-state index contributed by atoms with van der Waals surface area (Å²) in [6.07, 6.45) is 1.56. The molecule has 0 bridgehead atoms. The predicted molar refractivity (Wildman–Crippen MR) is 145 cm³/mol. The van der Waals surface area contributed by atoms with Crippen LogP contribution in [0.15, 0.2) is 111 Å². The molecule has 4 aromatic carbocycles. The lowest BCUT2D eigenvalue weighted by molar-refractivity contribution is 0.0950. The van der Waals surface area contributed by atoms with Crippen LogP contribution in [0.3, 0.4) is 0 Å². The van der Waals surface area contributed by atoms with Crippen LogP contribution in [0, 0.1) is 0 Å².